The molecule has 0 unspecified atom stereocenters. The van der Waals surface area contributed by atoms with Crippen molar-refractivity contribution in [2.45, 2.75) is 32.7 Å². The predicted octanol–water partition coefficient (Wildman–Crippen LogP) is 2.43. The molecule has 6 nitrogen and oxygen atoms in total. The summed E-state index contributed by atoms with van der Waals surface area (Å²) in [5.41, 5.74) is 1.90. The molecule has 0 aliphatic carbocycles. The summed E-state index contributed by atoms with van der Waals surface area (Å²) in [6.07, 6.45) is 1.63. The maximum absolute atomic E-state index is 12.4. The third-order valence-electron chi connectivity index (χ3n) is 3.79. The monoisotopic (exact) mass is 324 g/mol. The van der Waals surface area contributed by atoms with Gasteiger partial charge in [0.15, 0.2) is 5.65 Å². The Balaban J connectivity index is 1.84. The molecule has 0 atom stereocenters. The summed E-state index contributed by atoms with van der Waals surface area (Å²) in [5.74, 6) is -0.280. The first-order chi connectivity index (χ1) is 11.4. The summed E-state index contributed by atoms with van der Waals surface area (Å²) in [4.78, 5) is 24.6. The summed E-state index contributed by atoms with van der Waals surface area (Å²) in [6.45, 7) is 6.14. The van der Waals surface area contributed by atoms with Crippen LogP contribution in [0.1, 0.15) is 26.3 Å². The van der Waals surface area contributed by atoms with Crippen LogP contribution in [0, 0.1) is 0 Å². The maximum atomic E-state index is 12.4. The lowest BCUT2D eigenvalue weighted by Crippen LogP contribution is -2.29. The van der Waals surface area contributed by atoms with Crippen molar-refractivity contribution >= 4 is 17.2 Å². The molecule has 0 saturated heterocycles. The standard InChI is InChI=1S/C18H20N4O2/c1-18(2,3)13-8-4-5-9-14(13)19-16(23)12-22-17(24)21-11-7-6-10-15(21)20-22/h4-11H,12H2,1-3H3,(H,19,23). The third-order valence-corrected chi connectivity index (χ3v) is 3.79. The van der Waals surface area contributed by atoms with E-state index in [1.54, 1.807) is 24.4 Å². The number of fused-ring (bicyclic) bond motifs is 1. The molecular formula is C18H20N4O2. The number of hydrogen-bond acceptors (Lipinski definition) is 3. The Hall–Kier alpha value is -2.89. The fraction of sp³-hybridized carbons (Fsp3) is 0.278. The first-order valence-electron chi connectivity index (χ1n) is 7.80. The zero-order valence-corrected chi connectivity index (χ0v) is 14.0. The van der Waals surface area contributed by atoms with Crippen LogP contribution in [-0.2, 0) is 16.8 Å². The van der Waals surface area contributed by atoms with Crippen molar-refractivity contribution in [1.29, 1.82) is 0 Å². The number of benzene rings is 1. The Kier molecular flexibility index (Phi) is 3.97. The number of aromatic nitrogens is 3. The largest absolute Gasteiger partial charge is 0.350 e. The summed E-state index contributed by atoms with van der Waals surface area (Å²) >= 11 is 0. The van der Waals surface area contributed by atoms with Crippen LogP contribution in [0.4, 0.5) is 5.69 Å². The SMILES string of the molecule is CC(C)(C)c1ccccc1NC(=O)Cn1nc2ccccn2c1=O. The number of rotatable bonds is 3. The van der Waals surface area contributed by atoms with Gasteiger partial charge in [0.25, 0.3) is 0 Å². The van der Waals surface area contributed by atoms with E-state index < -0.39 is 0 Å². The van der Waals surface area contributed by atoms with Crippen molar-refractivity contribution in [3.63, 3.8) is 0 Å². The average molecular weight is 324 g/mol. The van der Waals surface area contributed by atoms with Gasteiger partial charge in [-0.1, -0.05) is 45.0 Å². The van der Waals surface area contributed by atoms with E-state index in [-0.39, 0.29) is 23.6 Å². The second-order valence-electron chi connectivity index (χ2n) is 6.71. The van der Waals surface area contributed by atoms with Crippen molar-refractivity contribution in [3.05, 3.63) is 64.7 Å². The van der Waals surface area contributed by atoms with Gasteiger partial charge in [-0.3, -0.25) is 9.20 Å². The highest BCUT2D eigenvalue weighted by Crippen LogP contribution is 2.29. The molecule has 6 heteroatoms. The van der Waals surface area contributed by atoms with Gasteiger partial charge in [-0.15, -0.1) is 5.10 Å². The lowest BCUT2D eigenvalue weighted by Gasteiger charge is -2.22. The molecule has 2 aromatic heterocycles. The van der Waals surface area contributed by atoms with E-state index in [4.69, 9.17) is 0 Å². The number of hydrogen-bond donors (Lipinski definition) is 1. The van der Waals surface area contributed by atoms with Crippen molar-refractivity contribution in [2.24, 2.45) is 0 Å². The number of nitrogens with zero attached hydrogens (tertiary/aromatic N) is 3. The molecule has 2 heterocycles. The van der Waals surface area contributed by atoms with Crippen molar-refractivity contribution in [2.75, 3.05) is 5.32 Å². The average Bonchev–Trinajstić information content (AvgIpc) is 2.83. The van der Waals surface area contributed by atoms with Crippen LogP contribution >= 0.6 is 0 Å². The molecule has 1 aromatic carbocycles. The molecule has 0 aliphatic heterocycles. The Morgan fingerprint density at radius 2 is 1.83 bits per heavy atom. The topological polar surface area (TPSA) is 68.4 Å². The zero-order chi connectivity index (χ0) is 17.3. The van der Waals surface area contributed by atoms with Crippen LogP contribution in [0.2, 0.25) is 0 Å². The summed E-state index contributed by atoms with van der Waals surface area (Å²) in [7, 11) is 0. The summed E-state index contributed by atoms with van der Waals surface area (Å²) in [5, 5.41) is 7.06. The molecule has 0 aliphatic rings. The van der Waals surface area contributed by atoms with E-state index in [1.165, 1.54) is 9.08 Å². The Labute approximate surface area is 139 Å². The fourth-order valence-corrected chi connectivity index (χ4v) is 2.64. The Morgan fingerprint density at radius 1 is 1.12 bits per heavy atom. The highest BCUT2D eigenvalue weighted by Gasteiger charge is 2.19. The van der Waals surface area contributed by atoms with Gasteiger partial charge in [-0.25, -0.2) is 9.48 Å². The maximum Gasteiger partial charge on any atom is 0.350 e. The number of carbonyl (C=O) groups is 1. The number of carbonyl (C=O) groups excluding carboxylic acids is 1. The molecule has 0 saturated carbocycles. The van der Waals surface area contributed by atoms with Gasteiger partial charge in [-0.2, -0.15) is 0 Å². The zero-order valence-electron chi connectivity index (χ0n) is 14.0. The second kappa shape index (κ2) is 5.96. The number of anilines is 1. The predicted molar refractivity (Wildman–Crippen MR) is 93.2 cm³/mol. The van der Waals surface area contributed by atoms with Crippen LogP contribution in [0.3, 0.4) is 0 Å². The molecule has 0 fully saturated rings. The van der Waals surface area contributed by atoms with E-state index >= 15 is 0 Å². The highest BCUT2D eigenvalue weighted by molar-refractivity contribution is 5.91. The normalized spacial score (nSPS) is 11.6. The minimum atomic E-state index is -0.329. The second-order valence-corrected chi connectivity index (χ2v) is 6.71. The van der Waals surface area contributed by atoms with Crippen LogP contribution in [-0.4, -0.2) is 20.1 Å². The molecule has 0 spiro atoms. The van der Waals surface area contributed by atoms with E-state index in [2.05, 4.69) is 31.2 Å². The molecule has 124 valence electrons. The molecule has 0 radical (unpaired) electrons. The smallest absolute Gasteiger partial charge is 0.324 e. The molecule has 1 N–H and O–H groups in total. The number of nitrogens with one attached hydrogen (secondary N) is 1. The number of para-hydroxylation sites is 1. The van der Waals surface area contributed by atoms with Gasteiger partial charge < -0.3 is 5.32 Å². The lowest BCUT2D eigenvalue weighted by atomic mass is 9.86. The van der Waals surface area contributed by atoms with Gasteiger partial charge in [-0.05, 0) is 29.2 Å². The van der Waals surface area contributed by atoms with Gasteiger partial charge in [0.1, 0.15) is 6.54 Å². The first-order valence-corrected chi connectivity index (χ1v) is 7.80. The Morgan fingerprint density at radius 3 is 2.54 bits per heavy atom. The highest BCUT2D eigenvalue weighted by atomic mass is 16.2. The van der Waals surface area contributed by atoms with E-state index in [0.29, 0.717) is 5.65 Å². The van der Waals surface area contributed by atoms with Crippen LogP contribution in [0.25, 0.3) is 5.65 Å². The third kappa shape index (κ3) is 3.08. The molecule has 0 bridgehead atoms. The summed E-state index contributed by atoms with van der Waals surface area (Å²) in [6, 6.07) is 13.0. The van der Waals surface area contributed by atoms with Gasteiger partial charge in [0, 0.05) is 11.9 Å². The van der Waals surface area contributed by atoms with Crippen LogP contribution in [0.15, 0.2) is 53.5 Å². The Bertz CT molecular complexity index is 947. The minimum absolute atomic E-state index is 0.0935. The van der Waals surface area contributed by atoms with E-state index in [1.807, 2.05) is 24.3 Å². The lowest BCUT2D eigenvalue weighted by molar-refractivity contribution is -0.117. The van der Waals surface area contributed by atoms with Crippen molar-refractivity contribution in [1.82, 2.24) is 14.2 Å². The molecule has 24 heavy (non-hydrogen) atoms. The summed E-state index contributed by atoms with van der Waals surface area (Å²) < 4.78 is 2.58. The fourth-order valence-electron chi connectivity index (χ4n) is 2.64. The number of pyridine rings is 1. The molecule has 3 aromatic rings. The van der Waals surface area contributed by atoms with Gasteiger partial charge >= 0.3 is 5.69 Å². The molecular weight excluding hydrogens is 304 g/mol. The van der Waals surface area contributed by atoms with Crippen LogP contribution < -0.4 is 11.0 Å². The molecule has 3 rings (SSSR count). The van der Waals surface area contributed by atoms with Crippen LogP contribution in [0.5, 0.6) is 0 Å². The van der Waals surface area contributed by atoms with Gasteiger partial charge in [0.05, 0.1) is 0 Å². The quantitative estimate of drug-likeness (QED) is 0.804. The van der Waals surface area contributed by atoms with E-state index in [0.717, 1.165) is 11.3 Å². The van der Waals surface area contributed by atoms with Gasteiger partial charge in [0.2, 0.25) is 5.91 Å². The first kappa shape index (κ1) is 16.0. The minimum Gasteiger partial charge on any atom is -0.324 e. The molecule has 1 amide bonds. The van der Waals surface area contributed by atoms with Crippen molar-refractivity contribution in [3.8, 4) is 0 Å². The van der Waals surface area contributed by atoms with Crippen molar-refractivity contribution < 1.29 is 4.79 Å². The van der Waals surface area contributed by atoms with E-state index in [9.17, 15) is 9.59 Å². The number of amides is 1.